The van der Waals surface area contributed by atoms with E-state index in [1.165, 1.54) is 24.3 Å². The van der Waals surface area contributed by atoms with Crippen LogP contribution < -0.4 is 36.3 Å². The van der Waals surface area contributed by atoms with Crippen molar-refractivity contribution in [3.8, 4) is 0 Å². The molecule has 0 unspecified atom stereocenters. The van der Waals surface area contributed by atoms with Gasteiger partial charge >= 0.3 is 0 Å². The van der Waals surface area contributed by atoms with Crippen LogP contribution in [-0.2, 0) is 0 Å². The van der Waals surface area contributed by atoms with Crippen LogP contribution in [0, 0.1) is 20.2 Å². The number of rotatable bonds is 2. The van der Waals surface area contributed by atoms with Gasteiger partial charge < -0.3 is 36.3 Å². The molecule has 0 aromatic heterocycles. The van der Waals surface area contributed by atoms with E-state index < -0.39 is 9.85 Å². The second kappa shape index (κ2) is 10.5. The van der Waals surface area contributed by atoms with Crippen LogP contribution in [0.2, 0.25) is 0 Å². The molecule has 0 fully saturated rings. The van der Waals surface area contributed by atoms with Crippen molar-refractivity contribution in [1.82, 2.24) is 0 Å². The van der Waals surface area contributed by atoms with Crippen LogP contribution in [0.25, 0.3) is 0 Å². The zero-order valence-electron chi connectivity index (χ0n) is 11.3. The van der Waals surface area contributed by atoms with Gasteiger partial charge in [0.1, 0.15) is 11.4 Å². The summed E-state index contributed by atoms with van der Waals surface area (Å²) in [6.07, 6.45) is 0. The second-order valence-corrected chi connectivity index (χ2v) is 3.85. The summed E-state index contributed by atoms with van der Waals surface area (Å²) < 4.78 is 0. The molecule has 2 aromatic rings. The molecule has 8 nitrogen and oxygen atoms in total. The number of halogens is 2. The highest BCUT2D eigenvalue weighted by Gasteiger charge is 2.04. The Morgan fingerprint density at radius 3 is 1.23 bits per heavy atom. The van der Waals surface area contributed by atoms with Crippen molar-refractivity contribution in [2.75, 3.05) is 0 Å². The monoisotopic (exact) mass is 348 g/mol. The van der Waals surface area contributed by atoms with Crippen molar-refractivity contribution in [2.45, 2.75) is 0 Å². The first-order valence-electron chi connectivity index (χ1n) is 5.53. The Hall–Kier alpha value is -2.26. The molecule has 0 atom stereocenters. The van der Waals surface area contributed by atoms with Gasteiger partial charge in [0.05, 0.1) is 22.0 Å². The average molecular weight is 349 g/mol. The number of quaternary nitrogens is 2. The van der Waals surface area contributed by atoms with E-state index in [2.05, 4.69) is 11.5 Å². The minimum Gasteiger partial charge on any atom is -1.00 e. The Kier molecular flexibility index (Phi) is 10.5. The fraction of sp³-hybridized carbons (Fsp3) is 0. The fourth-order valence-electron chi connectivity index (χ4n) is 1.34. The molecular weight excluding hydrogens is 335 g/mol. The summed E-state index contributed by atoms with van der Waals surface area (Å²) in [6, 6.07) is 12.4. The molecule has 0 spiro atoms. The quantitative estimate of drug-likeness (QED) is 0.413. The lowest BCUT2D eigenvalue weighted by atomic mass is 10.3. The van der Waals surface area contributed by atoms with E-state index in [9.17, 15) is 20.2 Å². The van der Waals surface area contributed by atoms with Gasteiger partial charge in [0.25, 0.3) is 11.4 Å². The third kappa shape index (κ3) is 7.50. The molecule has 0 saturated heterocycles. The predicted molar refractivity (Wildman–Crippen MR) is 71.3 cm³/mol. The number of non-ortho nitro benzene ring substituents is 2. The van der Waals surface area contributed by atoms with Crippen LogP contribution in [0.1, 0.15) is 0 Å². The molecule has 0 aliphatic rings. The highest BCUT2D eigenvalue weighted by atomic mass is 35.5. The Balaban J connectivity index is 0. The minimum absolute atomic E-state index is 0. The van der Waals surface area contributed by atoms with Crippen molar-refractivity contribution >= 4 is 22.7 Å². The van der Waals surface area contributed by atoms with Crippen molar-refractivity contribution < 1.29 is 46.1 Å². The van der Waals surface area contributed by atoms with Crippen molar-refractivity contribution in [3.05, 3.63) is 68.8 Å². The number of nitro groups is 2. The Morgan fingerprint density at radius 1 is 0.727 bits per heavy atom. The normalized spacial score (nSPS) is 8.45. The zero-order chi connectivity index (χ0) is 15.1. The lowest BCUT2D eigenvalue weighted by Crippen LogP contribution is -3.00. The number of hydrogen-bond donors (Lipinski definition) is 2. The Labute approximate surface area is 138 Å². The molecule has 22 heavy (non-hydrogen) atoms. The second-order valence-electron chi connectivity index (χ2n) is 3.85. The summed E-state index contributed by atoms with van der Waals surface area (Å²) in [6.45, 7) is 0. The van der Waals surface area contributed by atoms with E-state index in [0.717, 1.165) is 0 Å². The van der Waals surface area contributed by atoms with E-state index in [4.69, 9.17) is 0 Å². The van der Waals surface area contributed by atoms with Crippen molar-refractivity contribution in [1.29, 1.82) is 0 Å². The fourth-order valence-corrected chi connectivity index (χ4v) is 1.34. The van der Waals surface area contributed by atoms with Crippen LogP contribution in [0.15, 0.2) is 48.5 Å². The number of nitrogens with zero attached hydrogens (tertiary/aromatic N) is 2. The predicted octanol–water partition coefficient (Wildman–Crippen LogP) is -5.06. The highest BCUT2D eigenvalue weighted by molar-refractivity contribution is 5.41. The summed E-state index contributed by atoms with van der Waals surface area (Å²) in [5, 5.41) is 20.3. The number of hydrogen-bond acceptors (Lipinski definition) is 4. The summed E-state index contributed by atoms with van der Waals surface area (Å²) in [4.78, 5) is 19.4. The van der Waals surface area contributed by atoms with Gasteiger partial charge in [-0.2, -0.15) is 0 Å². The van der Waals surface area contributed by atoms with Gasteiger partial charge in [-0.25, -0.2) is 0 Å². The van der Waals surface area contributed by atoms with E-state index in [-0.39, 0.29) is 36.2 Å². The van der Waals surface area contributed by atoms with Gasteiger partial charge in [0.15, 0.2) is 0 Å². The molecule has 10 heteroatoms. The lowest BCUT2D eigenvalue weighted by molar-refractivity contribution is -0.385. The van der Waals surface area contributed by atoms with Gasteiger partial charge in [-0.3, -0.25) is 20.2 Å². The molecule has 6 N–H and O–H groups in total. The molecule has 120 valence electrons. The molecule has 0 heterocycles. The molecule has 0 amide bonds. The van der Waals surface area contributed by atoms with Gasteiger partial charge in [0, 0.05) is 12.1 Å². The van der Waals surface area contributed by atoms with Gasteiger partial charge in [0.2, 0.25) is 0 Å². The third-order valence-electron chi connectivity index (χ3n) is 2.24. The highest BCUT2D eigenvalue weighted by Crippen LogP contribution is 2.12. The number of benzene rings is 2. The molecule has 0 bridgehead atoms. The summed E-state index contributed by atoms with van der Waals surface area (Å²) >= 11 is 0. The topological polar surface area (TPSA) is 142 Å². The molecular formula is C12H14Cl2N4O4. The van der Waals surface area contributed by atoms with Crippen LogP contribution in [0.5, 0.6) is 0 Å². The SMILES string of the molecule is [Cl-].[Cl-].[NH3+]c1cccc([N+](=O)[O-])c1.[NH3+]c1cccc([N+](=O)[O-])c1. The maximum absolute atomic E-state index is 10.1. The zero-order valence-corrected chi connectivity index (χ0v) is 12.8. The molecule has 2 rings (SSSR count). The average Bonchev–Trinajstić information content (AvgIpc) is 2.39. The Bertz CT molecular complexity index is 585. The smallest absolute Gasteiger partial charge is 0.275 e. The van der Waals surface area contributed by atoms with Gasteiger partial charge in [-0.1, -0.05) is 0 Å². The van der Waals surface area contributed by atoms with Gasteiger partial charge in [-0.05, 0) is 24.3 Å². The van der Waals surface area contributed by atoms with Crippen LogP contribution >= 0.6 is 0 Å². The van der Waals surface area contributed by atoms with E-state index >= 15 is 0 Å². The molecule has 0 aliphatic carbocycles. The first-order chi connectivity index (χ1) is 9.40. The maximum atomic E-state index is 10.1. The standard InChI is InChI=1S/2C6H6N2O2.2ClH/c2*7-5-2-1-3-6(4-5)8(9)10;;/h2*1-4H,7H2;2*1H. The van der Waals surface area contributed by atoms with E-state index in [0.29, 0.717) is 11.4 Å². The first kappa shape index (κ1) is 22.0. The minimum atomic E-state index is -0.436. The lowest BCUT2D eigenvalue weighted by Gasteiger charge is -1.88. The van der Waals surface area contributed by atoms with Crippen LogP contribution in [0.4, 0.5) is 22.7 Å². The largest absolute Gasteiger partial charge is 1.00 e. The van der Waals surface area contributed by atoms with E-state index in [1.54, 1.807) is 24.3 Å². The molecule has 0 saturated carbocycles. The first-order valence-corrected chi connectivity index (χ1v) is 5.53. The van der Waals surface area contributed by atoms with E-state index in [1.807, 2.05) is 0 Å². The maximum Gasteiger partial charge on any atom is 0.275 e. The Morgan fingerprint density at radius 2 is 1.05 bits per heavy atom. The summed E-state index contributed by atoms with van der Waals surface area (Å²) in [5.41, 5.74) is 8.62. The molecule has 2 aromatic carbocycles. The third-order valence-corrected chi connectivity index (χ3v) is 2.24. The summed E-state index contributed by atoms with van der Waals surface area (Å²) in [5.74, 6) is 0. The molecule has 0 radical (unpaired) electrons. The van der Waals surface area contributed by atoms with Crippen molar-refractivity contribution in [3.63, 3.8) is 0 Å². The van der Waals surface area contributed by atoms with Crippen LogP contribution in [0.3, 0.4) is 0 Å². The molecule has 0 aliphatic heterocycles. The summed E-state index contributed by atoms with van der Waals surface area (Å²) in [7, 11) is 0. The number of nitro benzene ring substituents is 2. The van der Waals surface area contributed by atoms with Crippen LogP contribution in [-0.4, -0.2) is 9.85 Å². The van der Waals surface area contributed by atoms with Gasteiger partial charge in [-0.15, -0.1) is 0 Å². The van der Waals surface area contributed by atoms with Crippen molar-refractivity contribution in [2.24, 2.45) is 0 Å².